The highest BCUT2D eigenvalue weighted by atomic mass is 16.5. The Hall–Kier alpha value is -3.42. The first-order valence-corrected chi connectivity index (χ1v) is 9.44. The second kappa shape index (κ2) is 7.20. The summed E-state index contributed by atoms with van der Waals surface area (Å²) in [5, 5.41) is 3.19. The van der Waals surface area contributed by atoms with Crippen molar-refractivity contribution in [1.29, 1.82) is 0 Å². The number of rotatable bonds is 5. The number of carbonyl (C=O) groups is 1. The molecule has 1 aromatic carbocycles. The highest BCUT2D eigenvalue weighted by molar-refractivity contribution is 6.05. The van der Waals surface area contributed by atoms with Gasteiger partial charge in [-0.15, -0.1) is 0 Å². The monoisotopic (exact) mass is 394 g/mol. The molecule has 1 fully saturated rings. The second-order valence-electron chi connectivity index (χ2n) is 7.39. The number of benzene rings is 1. The number of fused-ring (bicyclic) bond motifs is 1. The van der Waals surface area contributed by atoms with Crippen molar-refractivity contribution in [2.45, 2.75) is 25.8 Å². The van der Waals surface area contributed by atoms with Gasteiger partial charge in [-0.05, 0) is 49.4 Å². The fourth-order valence-electron chi connectivity index (χ4n) is 3.58. The SMILES string of the molecule is COc1ccc(C(NC(=O)c2cc(C)nc3c2c(=O)[nH]c(=O)n3C)C2CC2)cc1. The Morgan fingerprint density at radius 3 is 2.59 bits per heavy atom. The number of carbonyl (C=O) groups excluding carboxylic acids is 1. The van der Waals surface area contributed by atoms with Crippen LogP contribution in [-0.4, -0.2) is 27.6 Å². The molecule has 2 aromatic heterocycles. The Morgan fingerprint density at radius 1 is 1.28 bits per heavy atom. The van der Waals surface area contributed by atoms with Crippen molar-refractivity contribution in [2.24, 2.45) is 13.0 Å². The number of nitrogens with one attached hydrogen (secondary N) is 2. The van der Waals surface area contributed by atoms with Crippen LogP contribution in [0.2, 0.25) is 0 Å². The zero-order chi connectivity index (χ0) is 20.7. The molecular formula is C21H22N4O4. The van der Waals surface area contributed by atoms with Crippen LogP contribution in [-0.2, 0) is 7.05 Å². The number of amides is 1. The first kappa shape index (κ1) is 18.9. The molecule has 0 bridgehead atoms. The molecule has 1 amide bonds. The summed E-state index contributed by atoms with van der Waals surface area (Å²) in [6.07, 6.45) is 2.06. The number of aromatic nitrogens is 3. The highest BCUT2D eigenvalue weighted by Gasteiger charge is 2.34. The van der Waals surface area contributed by atoms with E-state index in [0.29, 0.717) is 11.6 Å². The Bertz CT molecular complexity index is 1210. The van der Waals surface area contributed by atoms with E-state index in [0.717, 1.165) is 24.2 Å². The third kappa shape index (κ3) is 3.53. The van der Waals surface area contributed by atoms with Gasteiger partial charge in [0.25, 0.3) is 11.5 Å². The van der Waals surface area contributed by atoms with Crippen LogP contribution < -0.4 is 21.3 Å². The van der Waals surface area contributed by atoms with Gasteiger partial charge in [-0.3, -0.25) is 19.1 Å². The van der Waals surface area contributed by atoms with Crippen molar-refractivity contribution in [3.8, 4) is 5.75 Å². The van der Waals surface area contributed by atoms with E-state index in [4.69, 9.17) is 4.74 Å². The average Bonchev–Trinajstić information content (AvgIpc) is 3.54. The number of methoxy groups -OCH3 is 1. The van der Waals surface area contributed by atoms with Gasteiger partial charge >= 0.3 is 5.69 Å². The predicted molar refractivity (Wildman–Crippen MR) is 108 cm³/mol. The zero-order valence-corrected chi connectivity index (χ0v) is 16.5. The second-order valence-corrected chi connectivity index (χ2v) is 7.39. The first-order valence-electron chi connectivity index (χ1n) is 9.44. The summed E-state index contributed by atoms with van der Waals surface area (Å²) in [6, 6.07) is 9.02. The Balaban J connectivity index is 1.75. The molecule has 29 heavy (non-hydrogen) atoms. The number of H-pyrrole nitrogens is 1. The first-order chi connectivity index (χ1) is 13.9. The van der Waals surface area contributed by atoms with Gasteiger partial charge in [0.15, 0.2) is 0 Å². The van der Waals surface area contributed by atoms with E-state index in [1.165, 1.54) is 11.6 Å². The Kier molecular flexibility index (Phi) is 4.70. The lowest BCUT2D eigenvalue weighted by Gasteiger charge is -2.20. The summed E-state index contributed by atoms with van der Waals surface area (Å²) < 4.78 is 6.45. The molecule has 2 heterocycles. The molecule has 8 nitrogen and oxygen atoms in total. The van der Waals surface area contributed by atoms with Gasteiger partial charge in [0.1, 0.15) is 11.4 Å². The van der Waals surface area contributed by atoms with Gasteiger partial charge in [0.2, 0.25) is 0 Å². The molecule has 0 saturated heterocycles. The molecule has 1 saturated carbocycles. The molecule has 1 unspecified atom stereocenters. The average molecular weight is 394 g/mol. The molecule has 150 valence electrons. The maximum absolute atomic E-state index is 13.2. The van der Waals surface area contributed by atoms with Gasteiger partial charge in [-0.2, -0.15) is 0 Å². The summed E-state index contributed by atoms with van der Waals surface area (Å²) >= 11 is 0. The summed E-state index contributed by atoms with van der Waals surface area (Å²) in [5.74, 6) is 0.736. The summed E-state index contributed by atoms with van der Waals surface area (Å²) in [7, 11) is 3.12. The minimum absolute atomic E-state index is 0.111. The maximum Gasteiger partial charge on any atom is 0.329 e. The number of pyridine rings is 1. The van der Waals surface area contributed by atoms with Crippen LogP contribution in [0.3, 0.4) is 0 Å². The number of aromatic amines is 1. The maximum atomic E-state index is 13.2. The summed E-state index contributed by atoms with van der Waals surface area (Å²) in [6.45, 7) is 1.73. The van der Waals surface area contributed by atoms with E-state index in [9.17, 15) is 14.4 Å². The number of aryl methyl sites for hydroxylation is 2. The smallest absolute Gasteiger partial charge is 0.329 e. The lowest BCUT2D eigenvalue weighted by atomic mass is 10.0. The Labute approximate surface area is 166 Å². The van der Waals surface area contributed by atoms with Gasteiger partial charge in [-0.25, -0.2) is 9.78 Å². The minimum Gasteiger partial charge on any atom is -0.497 e. The molecule has 0 spiro atoms. The van der Waals surface area contributed by atoms with E-state index in [-0.39, 0.29) is 28.5 Å². The predicted octanol–water partition coefficient (Wildman–Crippen LogP) is 1.82. The topological polar surface area (TPSA) is 106 Å². The molecule has 1 aliphatic carbocycles. The molecule has 1 aliphatic rings. The van der Waals surface area contributed by atoms with Crippen LogP contribution in [0, 0.1) is 12.8 Å². The van der Waals surface area contributed by atoms with E-state index in [1.807, 2.05) is 24.3 Å². The molecular weight excluding hydrogens is 372 g/mol. The van der Waals surface area contributed by atoms with Gasteiger partial charge in [0.05, 0.1) is 24.1 Å². The van der Waals surface area contributed by atoms with Crippen molar-refractivity contribution in [2.75, 3.05) is 7.11 Å². The summed E-state index contributed by atoms with van der Waals surface area (Å²) in [5.41, 5.74) is 0.753. The van der Waals surface area contributed by atoms with E-state index in [2.05, 4.69) is 15.3 Å². The van der Waals surface area contributed by atoms with Crippen LogP contribution in [0.15, 0.2) is 39.9 Å². The fourth-order valence-corrected chi connectivity index (χ4v) is 3.58. The molecule has 0 radical (unpaired) electrons. The van der Waals surface area contributed by atoms with Crippen molar-refractivity contribution >= 4 is 16.9 Å². The number of nitrogens with zero attached hydrogens (tertiary/aromatic N) is 2. The molecule has 2 N–H and O–H groups in total. The minimum atomic E-state index is -0.617. The molecule has 4 rings (SSSR count). The third-order valence-electron chi connectivity index (χ3n) is 5.30. The molecule has 8 heteroatoms. The van der Waals surface area contributed by atoms with Gasteiger partial charge in [0, 0.05) is 12.7 Å². The quantitative estimate of drug-likeness (QED) is 0.687. The van der Waals surface area contributed by atoms with Crippen molar-refractivity contribution < 1.29 is 9.53 Å². The van der Waals surface area contributed by atoms with Crippen molar-refractivity contribution in [3.05, 3.63) is 68.0 Å². The third-order valence-corrected chi connectivity index (χ3v) is 5.30. The number of hydrogen-bond donors (Lipinski definition) is 2. The number of hydrogen-bond acceptors (Lipinski definition) is 5. The highest BCUT2D eigenvalue weighted by Crippen LogP contribution is 2.41. The molecule has 1 atom stereocenters. The fraction of sp³-hybridized carbons (Fsp3) is 0.333. The number of ether oxygens (including phenoxy) is 1. The van der Waals surface area contributed by atoms with Crippen LogP contribution in [0.4, 0.5) is 0 Å². The van der Waals surface area contributed by atoms with Crippen molar-refractivity contribution in [3.63, 3.8) is 0 Å². The van der Waals surface area contributed by atoms with E-state index < -0.39 is 11.2 Å². The van der Waals surface area contributed by atoms with E-state index >= 15 is 0 Å². The summed E-state index contributed by atoms with van der Waals surface area (Å²) in [4.78, 5) is 44.1. The molecule has 0 aliphatic heterocycles. The van der Waals surface area contributed by atoms with Gasteiger partial charge < -0.3 is 10.1 Å². The van der Waals surface area contributed by atoms with E-state index in [1.54, 1.807) is 20.1 Å². The molecule has 3 aromatic rings. The van der Waals surface area contributed by atoms with Crippen molar-refractivity contribution in [1.82, 2.24) is 19.9 Å². The van der Waals surface area contributed by atoms with Crippen LogP contribution in [0.1, 0.15) is 40.5 Å². The lowest BCUT2D eigenvalue weighted by molar-refractivity contribution is 0.0933. The standard InChI is InChI=1S/C21H22N4O4/c1-11-10-15(16-18(22-11)25(2)21(28)24-20(16)27)19(26)23-17(12-4-5-12)13-6-8-14(29-3)9-7-13/h6-10,12,17H,4-5H2,1-3H3,(H,23,26)(H,24,27,28). The van der Waals surface area contributed by atoms with Crippen LogP contribution >= 0.6 is 0 Å². The van der Waals surface area contributed by atoms with Gasteiger partial charge in [-0.1, -0.05) is 12.1 Å². The zero-order valence-electron chi connectivity index (χ0n) is 16.5. The largest absolute Gasteiger partial charge is 0.497 e. The van der Waals surface area contributed by atoms with Crippen LogP contribution in [0.5, 0.6) is 5.75 Å². The van der Waals surface area contributed by atoms with Crippen LogP contribution in [0.25, 0.3) is 11.0 Å². The lowest BCUT2D eigenvalue weighted by Crippen LogP contribution is -2.34. The Morgan fingerprint density at radius 2 is 1.97 bits per heavy atom. The normalized spacial score (nSPS) is 14.6.